The minimum Gasteiger partial charge on any atom is -1.00 e. The topological polar surface area (TPSA) is 0 Å². The third kappa shape index (κ3) is 5.77. The first-order chi connectivity index (χ1) is 15.6. The van der Waals surface area contributed by atoms with Crippen molar-refractivity contribution in [2.45, 2.75) is 47.0 Å². The van der Waals surface area contributed by atoms with Crippen LogP contribution in [0.2, 0.25) is 0 Å². The van der Waals surface area contributed by atoms with E-state index in [-0.39, 0.29) is 49.4 Å². The molecule has 0 spiro atoms. The van der Waals surface area contributed by atoms with Crippen LogP contribution < -0.4 is 69.2 Å². The van der Waals surface area contributed by atoms with Crippen LogP contribution in [-0.2, 0) is 19.3 Å². The number of aryl methyl sites for hydroxylation is 4. The van der Waals surface area contributed by atoms with E-state index >= 15 is 0 Å². The molecule has 0 saturated carbocycles. The molecule has 0 heterocycles. The Morgan fingerprint density at radius 1 is 0.441 bits per heavy atom. The summed E-state index contributed by atoms with van der Waals surface area (Å²) < 4.78 is 0. The highest BCUT2D eigenvalue weighted by molar-refractivity contribution is 8.01. The van der Waals surface area contributed by atoms with Gasteiger partial charge in [0.1, 0.15) is 28.5 Å². The molecule has 0 nitrogen and oxygen atoms in total. The maximum atomic E-state index is 2.38. The molecule has 0 aliphatic carbocycles. The SMILES string of the molecule is CCc1ccc([P+](c2ccc(C)cc2)(c2ccc(CC)cc2)c2ccc(CC)cc2)cc1.[H+].[I-].[I-]. The molecule has 4 aromatic carbocycles. The molecule has 0 fully saturated rings. The van der Waals surface area contributed by atoms with Crippen molar-refractivity contribution >= 4 is 28.5 Å². The standard InChI is InChI=1S/C31H34P.2HI/c1-5-25-10-18-29(19-11-25)32(28-16-8-24(4)9-17-28,30-20-12-26(6-2)13-21-30)31-22-14-27(7-3)15-23-31;;/h8-23H,5-7H2,1-4H3;2*1H/q+1;;/p-1. The summed E-state index contributed by atoms with van der Waals surface area (Å²) in [5.74, 6) is 0. The Balaban J connectivity index is 0.00000204. The van der Waals surface area contributed by atoms with Gasteiger partial charge in [-0.15, -0.1) is 0 Å². The summed E-state index contributed by atoms with van der Waals surface area (Å²) in [6, 6.07) is 37.5. The first-order valence-electron chi connectivity index (χ1n) is 11.9. The number of hydrogen-bond acceptors (Lipinski definition) is 0. The Labute approximate surface area is 242 Å². The second-order valence-electron chi connectivity index (χ2n) is 8.57. The van der Waals surface area contributed by atoms with Crippen molar-refractivity contribution in [1.29, 1.82) is 0 Å². The second-order valence-corrected chi connectivity index (χ2v) is 12.0. The lowest BCUT2D eigenvalue weighted by molar-refractivity contribution is -0.00100. The third-order valence-corrected chi connectivity index (χ3v) is 10.9. The molecule has 4 rings (SSSR count). The summed E-state index contributed by atoms with van der Waals surface area (Å²) in [7, 11) is -2.02. The van der Waals surface area contributed by atoms with Crippen LogP contribution in [0.3, 0.4) is 0 Å². The van der Waals surface area contributed by atoms with Crippen molar-refractivity contribution < 1.29 is 49.4 Å². The van der Waals surface area contributed by atoms with E-state index in [9.17, 15) is 0 Å². The van der Waals surface area contributed by atoms with Crippen LogP contribution in [0.15, 0.2) is 97.1 Å². The smallest absolute Gasteiger partial charge is 1.00 e. The van der Waals surface area contributed by atoms with Crippen LogP contribution >= 0.6 is 7.26 Å². The molecule has 4 aromatic rings. The zero-order valence-electron chi connectivity index (χ0n) is 21.6. The number of benzene rings is 4. The van der Waals surface area contributed by atoms with E-state index in [1.54, 1.807) is 0 Å². The van der Waals surface area contributed by atoms with Gasteiger partial charge in [0.25, 0.3) is 0 Å². The lowest BCUT2D eigenvalue weighted by Crippen LogP contribution is -3.00. The maximum absolute atomic E-state index is 2.38. The highest BCUT2D eigenvalue weighted by Gasteiger charge is 2.47. The summed E-state index contributed by atoms with van der Waals surface area (Å²) in [6.07, 6.45) is 3.19. The second kappa shape index (κ2) is 13.2. The molecule has 3 heteroatoms. The molecule has 0 aliphatic heterocycles. The highest BCUT2D eigenvalue weighted by atomic mass is 127. The molecule has 0 aliphatic rings. The molecular formula is C31H35I2P. The molecule has 0 saturated heterocycles. The summed E-state index contributed by atoms with van der Waals surface area (Å²) in [6.45, 7) is 8.85. The molecule has 0 radical (unpaired) electrons. The van der Waals surface area contributed by atoms with Crippen LogP contribution in [0.4, 0.5) is 0 Å². The molecule has 0 N–H and O–H groups in total. The summed E-state index contributed by atoms with van der Waals surface area (Å²) in [4.78, 5) is 0. The fourth-order valence-corrected chi connectivity index (χ4v) is 8.70. The van der Waals surface area contributed by atoms with E-state index in [2.05, 4.69) is 125 Å². The van der Waals surface area contributed by atoms with Crippen molar-refractivity contribution in [1.82, 2.24) is 0 Å². The molecule has 0 amide bonds. The predicted molar refractivity (Wildman–Crippen MR) is 145 cm³/mol. The van der Waals surface area contributed by atoms with Crippen LogP contribution in [0.25, 0.3) is 0 Å². The number of halogens is 2. The fourth-order valence-electron chi connectivity index (χ4n) is 4.53. The van der Waals surface area contributed by atoms with Gasteiger partial charge in [-0.3, -0.25) is 0 Å². The lowest BCUT2D eigenvalue weighted by Gasteiger charge is -2.28. The van der Waals surface area contributed by atoms with Gasteiger partial charge in [-0.25, -0.2) is 0 Å². The monoisotopic (exact) mass is 692 g/mol. The highest BCUT2D eigenvalue weighted by Crippen LogP contribution is 2.54. The first-order valence-corrected chi connectivity index (χ1v) is 13.7. The predicted octanol–water partition coefficient (Wildman–Crippen LogP) is 0.422. The summed E-state index contributed by atoms with van der Waals surface area (Å²) >= 11 is 0. The summed E-state index contributed by atoms with van der Waals surface area (Å²) in [5.41, 5.74) is 5.46. The van der Waals surface area contributed by atoms with Crippen molar-refractivity contribution in [3.63, 3.8) is 0 Å². The first kappa shape index (κ1) is 29.0. The fraction of sp³-hybridized carbons (Fsp3) is 0.226. The Hall–Kier alpha value is -1.23. The molecule has 0 atom stereocenters. The van der Waals surface area contributed by atoms with Crippen molar-refractivity contribution in [2.24, 2.45) is 0 Å². The van der Waals surface area contributed by atoms with Crippen molar-refractivity contribution in [3.8, 4) is 0 Å². The quantitative estimate of drug-likeness (QED) is 0.195. The van der Waals surface area contributed by atoms with Gasteiger partial charge in [-0.2, -0.15) is 0 Å². The van der Waals surface area contributed by atoms with Crippen LogP contribution in [0.5, 0.6) is 0 Å². The zero-order chi connectivity index (χ0) is 22.6. The maximum Gasteiger partial charge on any atom is 1.00 e. The Morgan fingerprint density at radius 2 is 0.676 bits per heavy atom. The van der Waals surface area contributed by atoms with Crippen LogP contribution in [-0.4, -0.2) is 0 Å². The van der Waals surface area contributed by atoms with E-state index in [0.717, 1.165) is 19.3 Å². The molecule has 0 bridgehead atoms. The number of rotatable bonds is 7. The zero-order valence-corrected chi connectivity index (χ0v) is 25.8. The Morgan fingerprint density at radius 3 is 0.912 bits per heavy atom. The minimum atomic E-state index is -2.02. The third-order valence-electron chi connectivity index (χ3n) is 6.62. The average molecular weight is 692 g/mol. The Kier molecular flexibility index (Phi) is 11.2. The molecule has 0 aromatic heterocycles. The van der Waals surface area contributed by atoms with Gasteiger partial charge in [-0.1, -0.05) is 74.9 Å². The van der Waals surface area contributed by atoms with Gasteiger partial charge in [0.15, 0.2) is 0 Å². The van der Waals surface area contributed by atoms with Crippen LogP contribution in [0.1, 0.15) is 44.5 Å². The lowest BCUT2D eigenvalue weighted by atomic mass is 10.2. The van der Waals surface area contributed by atoms with Gasteiger partial charge >= 0.3 is 1.43 Å². The average Bonchev–Trinajstić information content (AvgIpc) is 2.86. The van der Waals surface area contributed by atoms with Gasteiger partial charge in [-0.05, 0) is 91.4 Å². The van der Waals surface area contributed by atoms with Gasteiger partial charge in [0.2, 0.25) is 0 Å². The van der Waals surface area contributed by atoms with E-state index < -0.39 is 7.26 Å². The van der Waals surface area contributed by atoms with Gasteiger partial charge in [0, 0.05) is 0 Å². The number of hydrogen-bond donors (Lipinski definition) is 0. The minimum absolute atomic E-state index is 0. The van der Waals surface area contributed by atoms with E-state index in [0.29, 0.717) is 0 Å². The van der Waals surface area contributed by atoms with Gasteiger partial charge in [0.05, 0.1) is 0 Å². The normalized spacial score (nSPS) is 10.8. The Bertz CT molecular complexity index is 1040. The van der Waals surface area contributed by atoms with Gasteiger partial charge < -0.3 is 48.0 Å². The summed E-state index contributed by atoms with van der Waals surface area (Å²) in [5, 5.41) is 5.69. The molecule has 0 unspecified atom stereocenters. The van der Waals surface area contributed by atoms with Crippen molar-refractivity contribution in [2.75, 3.05) is 0 Å². The van der Waals surface area contributed by atoms with E-state index in [1.165, 1.54) is 43.5 Å². The van der Waals surface area contributed by atoms with E-state index in [4.69, 9.17) is 0 Å². The molecule has 34 heavy (non-hydrogen) atoms. The molecule has 178 valence electrons. The van der Waals surface area contributed by atoms with Crippen molar-refractivity contribution in [3.05, 3.63) is 119 Å². The van der Waals surface area contributed by atoms with E-state index in [1.807, 2.05) is 0 Å². The molecular weight excluding hydrogens is 657 g/mol. The van der Waals surface area contributed by atoms with Crippen LogP contribution in [0, 0.1) is 6.92 Å². The largest absolute Gasteiger partial charge is 1.00 e.